The van der Waals surface area contributed by atoms with Crippen LogP contribution >= 0.6 is 0 Å². The molecule has 0 amide bonds. The van der Waals surface area contributed by atoms with Gasteiger partial charge in [-0.25, -0.2) is 15.0 Å². The van der Waals surface area contributed by atoms with Crippen molar-refractivity contribution >= 4 is 21.5 Å². The molecule has 1 heterocycles. The molecule has 0 spiro atoms. The van der Waals surface area contributed by atoms with E-state index in [2.05, 4.69) is 152 Å². The molecule has 0 radical (unpaired) electrons. The second-order valence-electron chi connectivity index (χ2n) is 14.0. The molecule has 0 fully saturated rings. The topological polar surface area (TPSA) is 38.7 Å². The van der Waals surface area contributed by atoms with Gasteiger partial charge in [-0.2, -0.15) is 0 Å². The number of benzene rings is 9. The van der Waals surface area contributed by atoms with Gasteiger partial charge < -0.3 is 0 Å². The summed E-state index contributed by atoms with van der Waals surface area (Å²) >= 11 is 0. The van der Waals surface area contributed by atoms with Crippen LogP contribution in [0.3, 0.4) is 0 Å². The van der Waals surface area contributed by atoms with E-state index in [1.165, 1.54) is 43.8 Å². The lowest BCUT2D eigenvalue weighted by Gasteiger charge is -2.14. The number of nitrogens with zero attached hydrogens (tertiary/aromatic N) is 3. The number of rotatable bonds is 7. The van der Waals surface area contributed by atoms with Gasteiger partial charge in [0.2, 0.25) is 0 Å². The van der Waals surface area contributed by atoms with Gasteiger partial charge in [0.15, 0.2) is 17.5 Å². The molecule has 0 aliphatic heterocycles. The van der Waals surface area contributed by atoms with Gasteiger partial charge in [0, 0.05) is 16.7 Å². The minimum Gasteiger partial charge on any atom is -0.208 e. The van der Waals surface area contributed by atoms with Crippen LogP contribution in [-0.4, -0.2) is 15.0 Å². The number of aromatic nitrogens is 3. The summed E-state index contributed by atoms with van der Waals surface area (Å²) in [6, 6.07) is 74.9. The molecular formula is C53H35N3. The second kappa shape index (κ2) is 14.4. The summed E-state index contributed by atoms with van der Waals surface area (Å²) < 4.78 is 0. The Morgan fingerprint density at radius 2 is 0.571 bits per heavy atom. The van der Waals surface area contributed by atoms with Crippen LogP contribution in [0.5, 0.6) is 0 Å². The molecule has 0 unspecified atom stereocenters. The largest absolute Gasteiger partial charge is 0.208 e. The maximum absolute atomic E-state index is 5.11. The fourth-order valence-electron chi connectivity index (χ4n) is 7.65. The average Bonchev–Trinajstić information content (AvgIpc) is 3.29. The van der Waals surface area contributed by atoms with E-state index in [4.69, 9.17) is 15.0 Å². The summed E-state index contributed by atoms with van der Waals surface area (Å²) in [6.45, 7) is 0. The third-order valence-corrected chi connectivity index (χ3v) is 10.5. The van der Waals surface area contributed by atoms with Crippen molar-refractivity contribution in [3.63, 3.8) is 0 Å². The Hall–Kier alpha value is -7.49. The zero-order valence-corrected chi connectivity index (χ0v) is 30.5. The summed E-state index contributed by atoms with van der Waals surface area (Å²) in [5, 5.41) is 5.03. The van der Waals surface area contributed by atoms with Gasteiger partial charge in [-0.15, -0.1) is 0 Å². The summed E-state index contributed by atoms with van der Waals surface area (Å²) in [5.41, 5.74) is 12.0. The van der Waals surface area contributed by atoms with Crippen LogP contribution in [0.4, 0.5) is 0 Å². The molecule has 9 aromatic carbocycles. The van der Waals surface area contributed by atoms with Gasteiger partial charge in [-0.05, 0) is 90.3 Å². The van der Waals surface area contributed by atoms with Gasteiger partial charge in [-0.1, -0.05) is 188 Å². The quantitative estimate of drug-likeness (QED) is 0.154. The smallest absolute Gasteiger partial charge is 0.164 e. The molecule has 0 saturated carbocycles. The van der Waals surface area contributed by atoms with E-state index in [1.807, 2.05) is 60.7 Å². The molecule has 0 aliphatic rings. The van der Waals surface area contributed by atoms with Gasteiger partial charge in [0.25, 0.3) is 0 Å². The highest BCUT2D eigenvalue weighted by Crippen LogP contribution is 2.38. The first-order valence-corrected chi connectivity index (χ1v) is 18.9. The van der Waals surface area contributed by atoms with Gasteiger partial charge in [-0.3, -0.25) is 0 Å². The van der Waals surface area contributed by atoms with Crippen molar-refractivity contribution in [3.05, 3.63) is 212 Å². The van der Waals surface area contributed by atoms with E-state index in [0.717, 1.165) is 38.9 Å². The first-order valence-electron chi connectivity index (χ1n) is 18.9. The zero-order chi connectivity index (χ0) is 37.3. The Morgan fingerprint density at radius 1 is 0.214 bits per heavy atom. The third-order valence-electron chi connectivity index (χ3n) is 10.5. The lowest BCUT2D eigenvalue weighted by molar-refractivity contribution is 1.07. The predicted octanol–water partition coefficient (Wildman–Crippen LogP) is 13.8. The predicted molar refractivity (Wildman–Crippen MR) is 233 cm³/mol. The van der Waals surface area contributed by atoms with E-state index in [0.29, 0.717) is 17.5 Å². The van der Waals surface area contributed by atoms with Crippen LogP contribution in [0, 0.1) is 0 Å². The molecule has 0 N–H and O–H groups in total. The highest BCUT2D eigenvalue weighted by molar-refractivity contribution is 6.13. The van der Waals surface area contributed by atoms with Crippen LogP contribution in [-0.2, 0) is 0 Å². The molecule has 10 aromatic rings. The summed E-state index contributed by atoms with van der Waals surface area (Å²) in [5.74, 6) is 1.90. The van der Waals surface area contributed by atoms with Crippen molar-refractivity contribution in [1.82, 2.24) is 15.0 Å². The van der Waals surface area contributed by atoms with Crippen LogP contribution in [0.25, 0.3) is 100 Å². The molecule has 0 atom stereocenters. The monoisotopic (exact) mass is 713 g/mol. The van der Waals surface area contributed by atoms with Gasteiger partial charge >= 0.3 is 0 Å². The average molecular weight is 714 g/mol. The van der Waals surface area contributed by atoms with E-state index >= 15 is 0 Å². The van der Waals surface area contributed by atoms with Crippen molar-refractivity contribution in [1.29, 1.82) is 0 Å². The highest BCUT2D eigenvalue weighted by atomic mass is 15.0. The van der Waals surface area contributed by atoms with Crippen LogP contribution < -0.4 is 0 Å². The lowest BCUT2D eigenvalue weighted by atomic mass is 9.91. The van der Waals surface area contributed by atoms with Crippen molar-refractivity contribution in [2.24, 2.45) is 0 Å². The lowest BCUT2D eigenvalue weighted by Crippen LogP contribution is -2.00. The van der Waals surface area contributed by atoms with Crippen molar-refractivity contribution in [2.75, 3.05) is 0 Å². The Balaban J connectivity index is 1.12. The maximum Gasteiger partial charge on any atom is 0.164 e. The Labute approximate surface area is 326 Å². The molecule has 56 heavy (non-hydrogen) atoms. The van der Waals surface area contributed by atoms with Crippen LogP contribution in [0.15, 0.2) is 212 Å². The van der Waals surface area contributed by atoms with Crippen molar-refractivity contribution < 1.29 is 0 Å². The van der Waals surface area contributed by atoms with E-state index in [1.54, 1.807) is 0 Å². The molecule has 10 rings (SSSR count). The Bertz CT molecular complexity index is 2920. The molecule has 262 valence electrons. The number of hydrogen-bond acceptors (Lipinski definition) is 3. The minimum atomic E-state index is 0.626. The fraction of sp³-hybridized carbons (Fsp3) is 0. The van der Waals surface area contributed by atoms with Crippen LogP contribution in [0.2, 0.25) is 0 Å². The summed E-state index contributed by atoms with van der Waals surface area (Å²) in [7, 11) is 0. The van der Waals surface area contributed by atoms with E-state index in [9.17, 15) is 0 Å². The van der Waals surface area contributed by atoms with Crippen molar-refractivity contribution in [2.45, 2.75) is 0 Å². The summed E-state index contributed by atoms with van der Waals surface area (Å²) in [6.07, 6.45) is 0. The zero-order valence-electron chi connectivity index (χ0n) is 30.5. The minimum absolute atomic E-state index is 0.626. The first kappa shape index (κ1) is 33.1. The molecule has 1 aromatic heterocycles. The van der Waals surface area contributed by atoms with Crippen LogP contribution in [0.1, 0.15) is 0 Å². The molecule has 3 nitrogen and oxygen atoms in total. The number of hydrogen-bond donors (Lipinski definition) is 0. The molecule has 0 aliphatic carbocycles. The molecular weight excluding hydrogens is 679 g/mol. The second-order valence-corrected chi connectivity index (χ2v) is 14.0. The Morgan fingerprint density at radius 3 is 1.11 bits per heavy atom. The standard InChI is InChI=1S/C53H35N3/c1-4-14-36(15-5-1)37-24-26-38(27-25-37)44-32-45(39-28-30-40(31-29-39)50-35-43-20-10-11-21-47(43)48-22-12-13-23-49(48)50)34-46(33-44)53-55-51(41-16-6-2-7-17-41)54-52(56-53)42-18-8-3-9-19-42/h1-35H. The molecule has 3 heteroatoms. The normalized spacial score (nSPS) is 11.2. The summed E-state index contributed by atoms with van der Waals surface area (Å²) in [4.78, 5) is 15.2. The number of fused-ring (bicyclic) bond motifs is 3. The van der Waals surface area contributed by atoms with Gasteiger partial charge in [0.05, 0.1) is 0 Å². The first-order chi connectivity index (χ1) is 27.7. The fourth-order valence-corrected chi connectivity index (χ4v) is 7.65. The Kier molecular flexibility index (Phi) is 8.51. The van der Waals surface area contributed by atoms with E-state index < -0.39 is 0 Å². The van der Waals surface area contributed by atoms with E-state index in [-0.39, 0.29) is 0 Å². The van der Waals surface area contributed by atoms with Gasteiger partial charge in [0.1, 0.15) is 0 Å². The maximum atomic E-state index is 5.11. The highest BCUT2D eigenvalue weighted by Gasteiger charge is 2.16. The molecule has 0 bridgehead atoms. The van der Waals surface area contributed by atoms with Crippen molar-refractivity contribution in [3.8, 4) is 78.7 Å². The molecule has 0 saturated heterocycles. The third kappa shape index (κ3) is 6.42. The SMILES string of the molecule is c1ccc(-c2ccc(-c3cc(-c4ccc(-c5cc6ccccc6c6ccccc56)cc4)cc(-c4nc(-c5ccccc5)nc(-c5ccccc5)n4)c3)cc2)cc1.